The zero-order chi connectivity index (χ0) is 18.5. The second-order valence-electron chi connectivity index (χ2n) is 9.08. The molecule has 1 aliphatic carbocycles. The molecule has 27 heavy (non-hydrogen) atoms. The Labute approximate surface area is 162 Å². The fourth-order valence-electron chi connectivity index (χ4n) is 5.52. The molecule has 0 aromatic carbocycles. The molecule has 7 heteroatoms. The van der Waals surface area contributed by atoms with Crippen LogP contribution in [0.15, 0.2) is 6.33 Å². The van der Waals surface area contributed by atoms with E-state index in [1.54, 1.807) is 11.0 Å². The van der Waals surface area contributed by atoms with Crippen molar-refractivity contribution in [2.75, 3.05) is 32.7 Å². The molecule has 1 atom stereocenters. The highest BCUT2D eigenvalue weighted by molar-refractivity contribution is 5.76. The normalized spacial score (nSPS) is 27.5. The van der Waals surface area contributed by atoms with E-state index in [1.807, 2.05) is 0 Å². The Hall–Kier alpha value is -1.50. The molecule has 2 aliphatic heterocycles. The number of carbonyl (C=O) groups excluding carboxylic acids is 1. The summed E-state index contributed by atoms with van der Waals surface area (Å²) in [6.07, 6.45) is 13.9. The summed E-state index contributed by atoms with van der Waals surface area (Å²) in [6.45, 7) is 6.39. The van der Waals surface area contributed by atoms with E-state index in [1.165, 1.54) is 71.0 Å². The van der Waals surface area contributed by atoms with Crippen LogP contribution in [-0.4, -0.2) is 68.6 Å². The monoisotopic (exact) mass is 374 g/mol. The zero-order valence-electron chi connectivity index (χ0n) is 16.6. The van der Waals surface area contributed by atoms with E-state index in [0.29, 0.717) is 24.3 Å². The van der Waals surface area contributed by atoms with E-state index in [9.17, 15) is 4.79 Å². The quantitative estimate of drug-likeness (QED) is 0.765. The van der Waals surface area contributed by atoms with Crippen molar-refractivity contribution in [3.8, 4) is 0 Å². The molecule has 150 valence electrons. The smallest absolute Gasteiger partial charge is 0.222 e. The van der Waals surface area contributed by atoms with Crippen molar-refractivity contribution in [1.29, 1.82) is 0 Å². The van der Waals surface area contributed by atoms with E-state index in [2.05, 4.69) is 25.3 Å². The van der Waals surface area contributed by atoms with Gasteiger partial charge in [-0.1, -0.05) is 19.3 Å². The topological polar surface area (TPSA) is 67.2 Å². The largest absolute Gasteiger partial charge is 0.342 e. The summed E-state index contributed by atoms with van der Waals surface area (Å²) in [5.41, 5.74) is 0.360. The van der Waals surface area contributed by atoms with Gasteiger partial charge in [0.2, 0.25) is 5.91 Å². The first-order valence-electron chi connectivity index (χ1n) is 10.9. The van der Waals surface area contributed by atoms with Crippen LogP contribution in [0.3, 0.4) is 0 Å². The predicted molar refractivity (Wildman–Crippen MR) is 103 cm³/mol. The van der Waals surface area contributed by atoms with Crippen molar-refractivity contribution in [1.82, 2.24) is 30.0 Å². The Morgan fingerprint density at radius 3 is 2.78 bits per heavy atom. The Morgan fingerprint density at radius 2 is 1.96 bits per heavy atom. The summed E-state index contributed by atoms with van der Waals surface area (Å²) in [7, 11) is 0. The average molecular weight is 375 g/mol. The van der Waals surface area contributed by atoms with Crippen molar-refractivity contribution in [3.05, 3.63) is 6.33 Å². The van der Waals surface area contributed by atoms with Gasteiger partial charge in [-0.25, -0.2) is 4.68 Å². The number of carbonyl (C=O) groups is 1. The zero-order valence-corrected chi connectivity index (χ0v) is 16.6. The number of tetrazole rings is 1. The van der Waals surface area contributed by atoms with Gasteiger partial charge in [0.1, 0.15) is 6.33 Å². The molecule has 4 rings (SSSR count). The van der Waals surface area contributed by atoms with Crippen molar-refractivity contribution in [3.63, 3.8) is 0 Å². The van der Waals surface area contributed by atoms with E-state index in [-0.39, 0.29) is 0 Å². The molecule has 0 bridgehead atoms. The van der Waals surface area contributed by atoms with Crippen LogP contribution in [0.4, 0.5) is 0 Å². The summed E-state index contributed by atoms with van der Waals surface area (Å²) < 4.78 is 1.70. The lowest BCUT2D eigenvalue weighted by molar-refractivity contribution is -0.130. The Morgan fingerprint density at radius 1 is 1.07 bits per heavy atom. The fraction of sp³-hybridized carbons (Fsp3) is 0.900. The molecule has 1 aromatic heterocycles. The molecule has 1 amide bonds. The second-order valence-corrected chi connectivity index (χ2v) is 9.08. The molecule has 3 fully saturated rings. The van der Waals surface area contributed by atoms with Crippen molar-refractivity contribution in [2.24, 2.45) is 11.3 Å². The minimum atomic E-state index is 0.310. The Bertz CT molecular complexity index is 600. The molecule has 3 heterocycles. The summed E-state index contributed by atoms with van der Waals surface area (Å²) in [5, 5.41) is 11.1. The molecular formula is C20H34N6O. The third kappa shape index (κ3) is 4.86. The summed E-state index contributed by atoms with van der Waals surface area (Å²) >= 11 is 0. The van der Waals surface area contributed by atoms with Gasteiger partial charge in [0.25, 0.3) is 0 Å². The molecule has 0 N–H and O–H groups in total. The van der Waals surface area contributed by atoms with Gasteiger partial charge in [0.15, 0.2) is 0 Å². The minimum Gasteiger partial charge on any atom is -0.342 e. The summed E-state index contributed by atoms with van der Waals surface area (Å²) in [5.74, 6) is 1.23. The van der Waals surface area contributed by atoms with Gasteiger partial charge in [-0.3, -0.25) is 4.79 Å². The van der Waals surface area contributed by atoms with E-state index >= 15 is 0 Å². The van der Waals surface area contributed by atoms with Gasteiger partial charge in [-0.2, -0.15) is 0 Å². The van der Waals surface area contributed by atoms with Crippen LogP contribution in [0.25, 0.3) is 0 Å². The Kier molecular flexibility index (Phi) is 6.05. The van der Waals surface area contributed by atoms with Crippen LogP contribution in [-0.2, 0) is 11.3 Å². The number of aromatic nitrogens is 4. The van der Waals surface area contributed by atoms with Gasteiger partial charge < -0.3 is 9.80 Å². The Balaban J connectivity index is 1.23. The lowest BCUT2D eigenvalue weighted by Gasteiger charge is -2.42. The number of amides is 1. The molecule has 0 unspecified atom stereocenters. The van der Waals surface area contributed by atoms with Crippen LogP contribution in [0, 0.1) is 11.3 Å². The first-order valence-corrected chi connectivity index (χ1v) is 10.9. The lowest BCUT2D eigenvalue weighted by Crippen LogP contribution is -2.47. The highest BCUT2D eigenvalue weighted by Crippen LogP contribution is 2.40. The van der Waals surface area contributed by atoms with Crippen molar-refractivity contribution in [2.45, 2.75) is 70.8 Å². The second kappa shape index (κ2) is 8.67. The SMILES string of the molecule is O=C(CCCn1cnnn1)N1CC[C@]2(CCCN(CC3CCCCC3)C2)C1. The van der Waals surface area contributed by atoms with Crippen LogP contribution in [0.1, 0.15) is 64.2 Å². The van der Waals surface area contributed by atoms with Gasteiger partial charge in [-0.05, 0) is 61.4 Å². The predicted octanol–water partition coefficient (Wildman–Crippen LogP) is 2.35. The lowest BCUT2D eigenvalue weighted by atomic mass is 9.78. The number of hydrogen-bond donors (Lipinski definition) is 0. The molecule has 2 saturated heterocycles. The number of hydrogen-bond acceptors (Lipinski definition) is 5. The maximum atomic E-state index is 12.6. The molecule has 0 radical (unpaired) electrons. The molecule has 1 saturated carbocycles. The van der Waals surface area contributed by atoms with E-state index < -0.39 is 0 Å². The van der Waals surface area contributed by atoms with E-state index in [4.69, 9.17) is 0 Å². The van der Waals surface area contributed by atoms with Crippen molar-refractivity contribution < 1.29 is 4.79 Å². The number of aryl methyl sites for hydroxylation is 1. The van der Waals surface area contributed by atoms with Crippen LogP contribution in [0.2, 0.25) is 0 Å². The molecule has 1 aromatic rings. The van der Waals surface area contributed by atoms with Gasteiger partial charge in [0, 0.05) is 44.6 Å². The molecule has 7 nitrogen and oxygen atoms in total. The minimum absolute atomic E-state index is 0.310. The number of rotatable bonds is 6. The summed E-state index contributed by atoms with van der Waals surface area (Å²) in [4.78, 5) is 17.5. The van der Waals surface area contributed by atoms with Crippen LogP contribution < -0.4 is 0 Å². The third-order valence-corrected chi connectivity index (χ3v) is 6.94. The number of piperidine rings is 1. The van der Waals surface area contributed by atoms with Gasteiger partial charge in [0.05, 0.1) is 0 Å². The van der Waals surface area contributed by atoms with Gasteiger partial charge in [-0.15, -0.1) is 5.10 Å². The maximum Gasteiger partial charge on any atom is 0.222 e. The first kappa shape index (κ1) is 18.8. The maximum absolute atomic E-state index is 12.6. The van der Waals surface area contributed by atoms with Crippen molar-refractivity contribution >= 4 is 5.91 Å². The molecule has 3 aliphatic rings. The number of likely N-dealkylation sites (tertiary alicyclic amines) is 2. The fourth-order valence-corrected chi connectivity index (χ4v) is 5.52. The summed E-state index contributed by atoms with van der Waals surface area (Å²) in [6, 6.07) is 0. The van der Waals surface area contributed by atoms with E-state index in [0.717, 1.165) is 25.4 Å². The highest BCUT2D eigenvalue weighted by Gasteiger charge is 2.42. The van der Waals surface area contributed by atoms with Gasteiger partial charge >= 0.3 is 0 Å². The average Bonchev–Trinajstić information content (AvgIpc) is 3.33. The molecular weight excluding hydrogens is 340 g/mol. The first-order chi connectivity index (χ1) is 13.2. The standard InChI is InChI=1S/C20H34N6O/c27-19(8-4-12-26-17-21-22-23-26)25-13-10-20(16-25)9-5-11-24(15-20)14-18-6-2-1-3-7-18/h17-18H,1-16H2/t20-/m0/s1. The van der Waals surface area contributed by atoms with Crippen LogP contribution >= 0.6 is 0 Å². The highest BCUT2D eigenvalue weighted by atomic mass is 16.2. The molecule has 1 spiro atoms. The van der Waals surface area contributed by atoms with Crippen LogP contribution in [0.5, 0.6) is 0 Å². The number of nitrogens with zero attached hydrogens (tertiary/aromatic N) is 6. The third-order valence-electron chi connectivity index (χ3n) is 6.94.